The van der Waals surface area contributed by atoms with E-state index < -0.39 is 4.92 Å². The highest BCUT2D eigenvalue weighted by atomic mass is 32.1. The molecule has 1 fully saturated rings. The minimum atomic E-state index is -0.434. The van der Waals surface area contributed by atoms with E-state index in [1.165, 1.54) is 12.1 Å². The summed E-state index contributed by atoms with van der Waals surface area (Å²) in [6.45, 7) is 5.04. The maximum absolute atomic E-state index is 10.9. The van der Waals surface area contributed by atoms with Gasteiger partial charge in [0.05, 0.1) is 34.4 Å². The summed E-state index contributed by atoms with van der Waals surface area (Å²) in [5, 5.41) is 14.9. The zero-order chi connectivity index (χ0) is 19.5. The van der Waals surface area contributed by atoms with Gasteiger partial charge in [0.2, 0.25) is 5.95 Å². The molecule has 28 heavy (non-hydrogen) atoms. The smallest absolute Gasteiger partial charge is 0.271 e. The number of anilines is 3. The van der Waals surface area contributed by atoms with Crippen molar-refractivity contribution in [3.63, 3.8) is 0 Å². The summed E-state index contributed by atoms with van der Waals surface area (Å²) in [4.78, 5) is 27.2. The van der Waals surface area contributed by atoms with E-state index in [0.717, 1.165) is 34.5 Å². The van der Waals surface area contributed by atoms with E-state index >= 15 is 0 Å². The number of nitrogens with one attached hydrogen (secondary N) is 1. The summed E-state index contributed by atoms with van der Waals surface area (Å²) in [5.74, 6) is 0.374. The second kappa shape index (κ2) is 7.87. The second-order valence-corrected chi connectivity index (χ2v) is 7.19. The zero-order valence-electron chi connectivity index (χ0n) is 15.2. The fraction of sp³-hybridized carbons (Fsp3) is 0.278. The largest absolute Gasteiger partial charge is 0.378 e. The second-order valence-electron chi connectivity index (χ2n) is 6.21. The first-order chi connectivity index (χ1) is 13.6. The predicted octanol–water partition coefficient (Wildman–Crippen LogP) is 3.40. The van der Waals surface area contributed by atoms with Gasteiger partial charge in [0.15, 0.2) is 5.13 Å². The molecule has 0 bridgehead atoms. The average Bonchev–Trinajstić information content (AvgIpc) is 3.11. The van der Waals surface area contributed by atoms with Crippen molar-refractivity contribution in [2.24, 2.45) is 0 Å². The third-order valence-electron chi connectivity index (χ3n) is 4.27. The van der Waals surface area contributed by atoms with Crippen LogP contribution in [0.15, 0.2) is 36.5 Å². The molecule has 9 nitrogen and oxygen atoms in total. The van der Waals surface area contributed by atoms with E-state index in [9.17, 15) is 10.1 Å². The number of aromatic nitrogens is 3. The van der Waals surface area contributed by atoms with Gasteiger partial charge < -0.3 is 15.0 Å². The number of thiazole rings is 1. The van der Waals surface area contributed by atoms with Crippen molar-refractivity contribution in [2.75, 3.05) is 36.5 Å². The molecule has 0 amide bonds. The van der Waals surface area contributed by atoms with Crippen molar-refractivity contribution in [1.29, 1.82) is 0 Å². The van der Waals surface area contributed by atoms with Crippen LogP contribution >= 0.6 is 11.3 Å². The van der Waals surface area contributed by atoms with E-state index in [0.29, 0.717) is 24.8 Å². The molecule has 0 aliphatic carbocycles. The number of morpholine rings is 1. The van der Waals surface area contributed by atoms with Crippen molar-refractivity contribution in [2.45, 2.75) is 6.92 Å². The summed E-state index contributed by atoms with van der Waals surface area (Å²) >= 11 is 1.59. The van der Waals surface area contributed by atoms with Gasteiger partial charge in [-0.2, -0.15) is 0 Å². The Morgan fingerprint density at radius 2 is 2.07 bits per heavy atom. The lowest BCUT2D eigenvalue weighted by Crippen LogP contribution is -2.36. The van der Waals surface area contributed by atoms with Crippen LogP contribution in [-0.2, 0) is 4.74 Å². The topological polar surface area (TPSA) is 106 Å². The molecule has 1 aliphatic rings. The Morgan fingerprint density at radius 3 is 2.86 bits per heavy atom. The van der Waals surface area contributed by atoms with Crippen LogP contribution in [0.5, 0.6) is 0 Å². The van der Waals surface area contributed by atoms with Crippen LogP contribution in [0.2, 0.25) is 0 Å². The first-order valence-corrected chi connectivity index (χ1v) is 9.57. The zero-order valence-corrected chi connectivity index (χ0v) is 16.0. The monoisotopic (exact) mass is 398 g/mol. The van der Waals surface area contributed by atoms with Crippen molar-refractivity contribution in [3.05, 3.63) is 52.3 Å². The van der Waals surface area contributed by atoms with Crippen molar-refractivity contribution in [1.82, 2.24) is 15.0 Å². The van der Waals surface area contributed by atoms with Gasteiger partial charge in [0, 0.05) is 37.1 Å². The first-order valence-electron chi connectivity index (χ1n) is 8.75. The number of aryl methyl sites for hydroxylation is 1. The third kappa shape index (κ3) is 3.92. The fourth-order valence-electron chi connectivity index (χ4n) is 2.88. The Bertz CT molecular complexity index is 1000. The maximum atomic E-state index is 10.9. The van der Waals surface area contributed by atoms with Gasteiger partial charge in [-0.15, -0.1) is 0 Å². The number of nitrogens with zero attached hydrogens (tertiary/aromatic N) is 5. The van der Waals surface area contributed by atoms with Gasteiger partial charge >= 0.3 is 0 Å². The van der Waals surface area contributed by atoms with Crippen LogP contribution in [-0.4, -0.2) is 46.2 Å². The van der Waals surface area contributed by atoms with Crippen molar-refractivity contribution >= 4 is 33.8 Å². The van der Waals surface area contributed by atoms with Gasteiger partial charge in [0.25, 0.3) is 5.69 Å². The first kappa shape index (κ1) is 18.3. The highest BCUT2D eigenvalue weighted by molar-refractivity contribution is 7.19. The average molecular weight is 398 g/mol. The van der Waals surface area contributed by atoms with Crippen molar-refractivity contribution in [3.8, 4) is 10.6 Å². The Kier molecular flexibility index (Phi) is 5.13. The number of hydrogen-bond acceptors (Lipinski definition) is 9. The Labute approximate surface area is 165 Å². The number of hydrogen-bond donors (Lipinski definition) is 1. The lowest BCUT2D eigenvalue weighted by Gasteiger charge is -2.26. The summed E-state index contributed by atoms with van der Waals surface area (Å²) in [6, 6.07) is 8.08. The van der Waals surface area contributed by atoms with E-state index in [1.807, 2.05) is 13.0 Å². The van der Waals surface area contributed by atoms with E-state index in [-0.39, 0.29) is 5.69 Å². The summed E-state index contributed by atoms with van der Waals surface area (Å²) in [6.07, 6.45) is 1.66. The molecule has 0 radical (unpaired) electrons. The molecule has 144 valence electrons. The van der Waals surface area contributed by atoms with Gasteiger partial charge in [-0.3, -0.25) is 10.1 Å². The lowest BCUT2D eigenvalue weighted by atomic mass is 10.3. The number of benzene rings is 1. The highest BCUT2D eigenvalue weighted by Gasteiger charge is 2.18. The summed E-state index contributed by atoms with van der Waals surface area (Å²) in [7, 11) is 0. The van der Waals surface area contributed by atoms with Crippen LogP contribution < -0.4 is 10.2 Å². The molecule has 1 saturated heterocycles. The molecule has 1 N–H and O–H groups in total. The van der Waals surface area contributed by atoms with Crippen LogP contribution in [0.4, 0.5) is 22.5 Å². The van der Waals surface area contributed by atoms with Crippen LogP contribution in [0.1, 0.15) is 5.69 Å². The van der Waals surface area contributed by atoms with Crippen molar-refractivity contribution < 1.29 is 9.66 Å². The molecule has 3 aromatic rings. The third-order valence-corrected chi connectivity index (χ3v) is 5.51. The molecule has 10 heteroatoms. The van der Waals surface area contributed by atoms with Crippen LogP contribution in [0, 0.1) is 17.0 Å². The fourth-order valence-corrected chi connectivity index (χ4v) is 3.97. The Hall–Kier alpha value is -3.11. The van der Waals surface area contributed by atoms with Gasteiger partial charge in [0.1, 0.15) is 0 Å². The van der Waals surface area contributed by atoms with E-state index in [1.54, 1.807) is 29.7 Å². The standard InChI is InChI=1S/C18H18N6O3S/c1-12-16(28-18(20-12)23-7-9-27-10-8-23)15-5-6-19-17(22-15)21-13-3-2-4-14(11-13)24(25)26/h2-6,11H,7-10H2,1H3,(H,19,21,22). The van der Waals surface area contributed by atoms with E-state index in [2.05, 4.69) is 25.2 Å². The molecule has 2 aromatic heterocycles. The minimum Gasteiger partial charge on any atom is -0.378 e. The summed E-state index contributed by atoms with van der Waals surface area (Å²) in [5.41, 5.74) is 2.24. The number of rotatable bonds is 5. The molecule has 0 atom stereocenters. The summed E-state index contributed by atoms with van der Waals surface area (Å²) < 4.78 is 5.40. The molecule has 3 heterocycles. The SMILES string of the molecule is Cc1nc(N2CCOCC2)sc1-c1ccnc(Nc2cccc([N+](=O)[O-])c2)n1. The Balaban J connectivity index is 1.58. The Morgan fingerprint density at radius 1 is 1.25 bits per heavy atom. The van der Waals surface area contributed by atoms with E-state index in [4.69, 9.17) is 4.74 Å². The quantitative estimate of drug-likeness (QED) is 0.515. The molecular formula is C18H18N6O3S. The number of nitro groups is 1. The normalized spacial score (nSPS) is 14.1. The molecule has 4 rings (SSSR count). The number of non-ortho nitro benzene ring substituents is 1. The molecule has 1 aliphatic heterocycles. The van der Waals surface area contributed by atoms with Gasteiger partial charge in [-0.25, -0.2) is 15.0 Å². The lowest BCUT2D eigenvalue weighted by molar-refractivity contribution is -0.384. The minimum absolute atomic E-state index is 0.00890. The number of ether oxygens (including phenoxy) is 1. The van der Waals surface area contributed by atoms with Gasteiger partial charge in [-0.05, 0) is 19.1 Å². The highest BCUT2D eigenvalue weighted by Crippen LogP contribution is 2.34. The predicted molar refractivity (Wildman–Crippen MR) is 107 cm³/mol. The van der Waals surface area contributed by atoms with Gasteiger partial charge in [-0.1, -0.05) is 17.4 Å². The molecule has 0 spiro atoms. The molecule has 0 saturated carbocycles. The molecule has 0 unspecified atom stereocenters. The number of nitro benzene ring substituents is 1. The van der Waals surface area contributed by atoms with Crippen LogP contribution in [0.25, 0.3) is 10.6 Å². The molecular weight excluding hydrogens is 380 g/mol. The maximum Gasteiger partial charge on any atom is 0.271 e. The molecule has 1 aromatic carbocycles. The van der Waals surface area contributed by atoms with Crippen LogP contribution in [0.3, 0.4) is 0 Å².